The minimum absolute atomic E-state index is 0.383. The standard InChI is InChI=1S/C8H15N3O2S/c1-7(2)14(12,13)11-4-3-8-9-5-6-10-8/h5-7,11H,3-4H2,1-2H3,(H,9,10). The van der Waals surface area contributed by atoms with E-state index in [0.717, 1.165) is 5.82 Å². The van der Waals surface area contributed by atoms with Gasteiger partial charge in [-0.25, -0.2) is 18.1 Å². The summed E-state index contributed by atoms with van der Waals surface area (Å²) in [7, 11) is -3.14. The first-order valence-electron chi connectivity index (χ1n) is 4.49. The minimum atomic E-state index is -3.14. The van der Waals surface area contributed by atoms with Gasteiger partial charge in [-0.15, -0.1) is 0 Å². The smallest absolute Gasteiger partial charge is 0.213 e. The second kappa shape index (κ2) is 4.56. The summed E-state index contributed by atoms with van der Waals surface area (Å²) in [6, 6.07) is 0. The van der Waals surface area contributed by atoms with Gasteiger partial charge in [-0.2, -0.15) is 0 Å². The molecule has 0 aromatic carbocycles. The van der Waals surface area contributed by atoms with Gasteiger partial charge in [-0.1, -0.05) is 0 Å². The Labute approximate surface area is 84.0 Å². The zero-order chi connectivity index (χ0) is 10.6. The molecule has 5 nitrogen and oxygen atoms in total. The largest absolute Gasteiger partial charge is 0.349 e. The highest BCUT2D eigenvalue weighted by Crippen LogP contribution is 1.96. The van der Waals surface area contributed by atoms with Crippen LogP contribution in [0.1, 0.15) is 19.7 Å². The third-order valence-corrected chi connectivity index (χ3v) is 3.69. The van der Waals surface area contributed by atoms with Gasteiger partial charge in [-0.3, -0.25) is 0 Å². The number of hydrogen-bond donors (Lipinski definition) is 2. The van der Waals surface area contributed by atoms with Crippen molar-refractivity contribution in [3.05, 3.63) is 18.2 Å². The molecule has 2 N–H and O–H groups in total. The lowest BCUT2D eigenvalue weighted by Crippen LogP contribution is -2.32. The summed E-state index contributed by atoms with van der Waals surface area (Å²) < 4.78 is 25.1. The van der Waals surface area contributed by atoms with Crippen LogP contribution in [0.4, 0.5) is 0 Å². The summed E-state index contributed by atoms with van der Waals surface area (Å²) in [5, 5.41) is -0.390. The van der Waals surface area contributed by atoms with Crippen molar-refractivity contribution in [1.29, 1.82) is 0 Å². The van der Waals surface area contributed by atoms with Crippen LogP contribution in [0.3, 0.4) is 0 Å². The Kier molecular flexibility index (Phi) is 3.65. The van der Waals surface area contributed by atoms with E-state index in [9.17, 15) is 8.42 Å². The number of nitrogens with one attached hydrogen (secondary N) is 2. The summed E-state index contributed by atoms with van der Waals surface area (Å²) in [6.45, 7) is 3.68. The molecule has 0 spiro atoms. The quantitative estimate of drug-likeness (QED) is 0.744. The van der Waals surface area contributed by atoms with Gasteiger partial charge in [0.25, 0.3) is 0 Å². The lowest BCUT2D eigenvalue weighted by Gasteiger charge is -2.08. The first-order valence-corrected chi connectivity index (χ1v) is 6.04. The third kappa shape index (κ3) is 3.12. The number of aromatic amines is 1. The zero-order valence-electron chi connectivity index (χ0n) is 8.32. The molecule has 80 valence electrons. The number of sulfonamides is 1. The molecular weight excluding hydrogens is 202 g/mol. The van der Waals surface area contributed by atoms with Crippen LogP contribution in [0, 0.1) is 0 Å². The lowest BCUT2D eigenvalue weighted by atomic mass is 10.4. The van der Waals surface area contributed by atoms with Crippen molar-refractivity contribution in [2.24, 2.45) is 0 Å². The number of hydrogen-bond acceptors (Lipinski definition) is 3. The van der Waals surface area contributed by atoms with E-state index in [0.29, 0.717) is 13.0 Å². The van der Waals surface area contributed by atoms with Crippen LogP contribution in [0.2, 0.25) is 0 Å². The maximum Gasteiger partial charge on any atom is 0.213 e. The van der Waals surface area contributed by atoms with E-state index in [1.165, 1.54) is 0 Å². The predicted octanol–water partition coefficient (Wildman–Crippen LogP) is 0.280. The maximum atomic E-state index is 11.3. The fraction of sp³-hybridized carbons (Fsp3) is 0.625. The third-order valence-electron chi connectivity index (χ3n) is 1.84. The average molecular weight is 217 g/mol. The van der Waals surface area contributed by atoms with Crippen LogP contribution in [-0.2, 0) is 16.4 Å². The summed E-state index contributed by atoms with van der Waals surface area (Å²) >= 11 is 0. The maximum absolute atomic E-state index is 11.3. The highest BCUT2D eigenvalue weighted by Gasteiger charge is 2.14. The van der Waals surface area contributed by atoms with Gasteiger partial charge in [0.1, 0.15) is 5.82 Å². The van der Waals surface area contributed by atoms with E-state index in [4.69, 9.17) is 0 Å². The molecule has 0 fully saturated rings. The highest BCUT2D eigenvalue weighted by atomic mass is 32.2. The van der Waals surface area contributed by atoms with Crippen LogP contribution in [-0.4, -0.2) is 30.2 Å². The van der Waals surface area contributed by atoms with Gasteiger partial charge in [0.15, 0.2) is 0 Å². The monoisotopic (exact) mass is 217 g/mol. The fourth-order valence-corrected chi connectivity index (χ4v) is 1.63. The van der Waals surface area contributed by atoms with Crippen LogP contribution in [0.15, 0.2) is 12.4 Å². The molecule has 14 heavy (non-hydrogen) atoms. The second-order valence-electron chi connectivity index (χ2n) is 3.27. The molecule has 1 aromatic rings. The molecule has 0 amide bonds. The molecule has 0 atom stereocenters. The first kappa shape index (κ1) is 11.2. The van der Waals surface area contributed by atoms with Crippen molar-refractivity contribution in [2.45, 2.75) is 25.5 Å². The van der Waals surface area contributed by atoms with Gasteiger partial charge in [0.2, 0.25) is 10.0 Å². The summed E-state index contributed by atoms with van der Waals surface area (Å²) in [5.74, 6) is 0.788. The van der Waals surface area contributed by atoms with Crippen LogP contribution in [0.5, 0.6) is 0 Å². The molecule has 0 aliphatic heterocycles. The Morgan fingerprint density at radius 3 is 2.79 bits per heavy atom. The van der Waals surface area contributed by atoms with E-state index in [1.54, 1.807) is 26.2 Å². The number of rotatable bonds is 5. The fourth-order valence-electron chi connectivity index (χ4n) is 0.913. The van der Waals surface area contributed by atoms with Crippen molar-refractivity contribution in [2.75, 3.05) is 6.54 Å². The molecular formula is C8H15N3O2S. The lowest BCUT2D eigenvalue weighted by molar-refractivity contribution is 0.572. The Hall–Kier alpha value is -0.880. The SMILES string of the molecule is CC(C)S(=O)(=O)NCCc1ncc[nH]1. The van der Waals surface area contributed by atoms with Gasteiger partial charge >= 0.3 is 0 Å². The Balaban J connectivity index is 2.36. The van der Waals surface area contributed by atoms with E-state index >= 15 is 0 Å². The molecule has 6 heteroatoms. The van der Waals surface area contributed by atoms with Gasteiger partial charge in [0, 0.05) is 25.4 Å². The molecule has 0 unspecified atom stereocenters. The summed E-state index contributed by atoms with van der Waals surface area (Å²) in [5.41, 5.74) is 0. The van der Waals surface area contributed by atoms with Crippen molar-refractivity contribution < 1.29 is 8.42 Å². The number of aromatic nitrogens is 2. The van der Waals surface area contributed by atoms with Crippen molar-refractivity contribution in [1.82, 2.24) is 14.7 Å². The van der Waals surface area contributed by atoms with E-state index < -0.39 is 10.0 Å². The second-order valence-corrected chi connectivity index (χ2v) is 5.60. The summed E-state index contributed by atoms with van der Waals surface area (Å²) in [6.07, 6.45) is 3.94. The number of H-pyrrole nitrogens is 1. The molecule has 1 heterocycles. The Morgan fingerprint density at radius 2 is 2.29 bits per heavy atom. The average Bonchev–Trinajstić information content (AvgIpc) is 2.56. The van der Waals surface area contributed by atoms with Gasteiger partial charge in [0.05, 0.1) is 5.25 Å². The van der Waals surface area contributed by atoms with Crippen LogP contribution in [0.25, 0.3) is 0 Å². The molecule has 0 aliphatic carbocycles. The normalized spacial score (nSPS) is 12.2. The van der Waals surface area contributed by atoms with Crippen LogP contribution < -0.4 is 4.72 Å². The Morgan fingerprint density at radius 1 is 1.57 bits per heavy atom. The predicted molar refractivity (Wildman–Crippen MR) is 54.4 cm³/mol. The number of imidazole rings is 1. The Bertz CT molecular complexity index is 356. The van der Waals surface area contributed by atoms with E-state index in [1.807, 2.05) is 0 Å². The molecule has 0 radical (unpaired) electrons. The van der Waals surface area contributed by atoms with Gasteiger partial charge < -0.3 is 4.98 Å². The first-order chi connectivity index (χ1) is 6.52. The summed E-state index contributed by atoms with van der Waals surface area (Å²) in [4.78, 5) is 6.90. The molecule has 0 aliphatic rings. The molecule has 1 rings (SSSR count). The number of nitrogens with zero attached hydrogens (tertiary/aromatic N) is 1. The van der Waals surface area contributed by atoms with Crippen LogP contribution >= 0.6 is 0 Å². The molecule has 0 bridgehead atoms. The molecule has 1 aromatic heterocycles. The van der Waals surface area contributed by atoms with E-state index in [2.05, 4.69) is 14.7 Å². The highest BCUT2D eigenvalue weighted by molar-refractivity contribution is 7.90. The zero-order valence-corrected chi connectivity index (χ0v) is 9.13. The minimum Gasteiger partial charge on any atom is -0.349 e. The van der Waals surface area contributed by atoms with E-state index in [-0.39, 0.29) is 5.25 Å². The van der Waals surface area contributed by atoms with Crippen molar-refractivity contribution in [3.8, 4) is 0 Å². The van der Waals surface area contributed by atoms with Gasteiger partial charge in [-0.05, 0) is 13.8 Å². The topological polar surface area (TPSA) is 74.8 Å². The van der Waals surface area contributed by atoms with Crippen molar-refractivity contribution in [3.63, 3.8) is 0 Å². The molecule has 0 saturated heterocycles. The molecule has 0 saturated carbocycles. The van der Waals surface area contributed by atoms with Crippen molar-refractivity contribution >= 4 is 10.0 Å².